The Balaban J connectivity index is 2.29. The molecule has 1 atom stereocenters. The molecule has 1 aliphatic rings. The molecule has 0 bridgehead atoms. The van der Waals surface area contributed by atoms with E-state index in [1.165, 1.54) is 12.1 Å². The standard InChI is InChI=1S/C11H12O4/c12-8-3-1-2-7(6-8)9(13)11(4-5-11)10(14)15/h1-3,6,9,12-13H,4-5H2,(H,14,15). The summed E-state index contributed by atoms with van der Waals surface area (Å²) in [5, 5.41) is 28.1. The minimum absolute atomic E-state index is 0.0349. The Kier molecular flexibility index (Phi) is 2.16. The van der Waals surface area contributed by atoms with Crippen LogP contribution in [0.2, 0.25) is 0 Å². The van der Waals surface area contributed by atoms with Gasteiger partial charge >= 0.3 is 5.97 Å². The molecule has 1 aliphatic carbocycles. The molecule has 1 fully saturated rings. The van der Waals surface area contributed by atoms with Crippen molar-refractivity contribution < 1.29 is 20.1 Å². The average Bonchev–Trinajstić information content (AvgIpc) is 2.97. The van der Waals surface area contributed by atoms with Crippen molar-refractivity contribution >= 4 is 5.97 Å². The molecule has 0 radical (unpaired) electrons. The summed E-state index contributed by atoms with van der Waals surface area (Å²) in [6.07, 6.45) is -0.0692. The second-order valence-electron chi connectivity index (χ2n) is 3.96. The lowest BCUT2D eigenvalue weighted by Gasteiger charge is -2.18. The number of aromatic hydroxyl groups is 1. The zero-order valence-corrected chi connectivity index (χ0v) is 8.05. The maximum absolute atomic E-state index is 11.0. The molecule has 0 heterocycles. The van der Waals surface area contributed by atoms with Crippen molar-refractivity contribution in [2.24, 2.45) is 5.41 Å². The predicted molar refractivity (Wildman–Crippen MR) is 52.4 cm³/mol. The summed E-state index contributed by atoms with van der Waals surface area (Å²) in [6.45, 7) is 0. The van der Waals surface area contributed by atoms with Crippen LogP contribution < -0.4 is 0 Å². The molecule has 15 heavy (non-hydrogen) atoms. The van der Waals surface area contributed by atoms with Gasteiger partial charge in [0, 0.05) is 0 Å². The minimum atomic E-state index is -1.04. The van der Waals surface area contributed by atoms with Gasteiger partial charge in [0.25, 0.3) is 0 Å². The Morgan fingerprint density at radius 1 is 1.40 bits per heavy atom. The molecule has 1 aromatic carbocycles. The van der Waals surface area contributed by atoms with Crippen LogP contribution in [0.4, 0.5) is 0 Å². The molecular weight excluding hydrogens is 196 g/mol. The van der Waals surface area contributed by atoms with E-state index < -0.39 is 17.5 Å². The van der Waals surface area contributed by atoms with Crippen molar-refractivity contribution in [3.8, 4) is 5.75 Å². The van der Waals surface area contributed by atoms with E-state index in [1.54, 1.807) is 12.1 Å². The zero-order valence-electron chi connectivity index (χ0n) is 8.05. The summed E-state index contributed by atoms with van der Waals surface area (Å²) in [5.41, 5.74) is -0.580. The lowest BCUT2D eigenvalue weighted by molar-refractivity contribution is -0.148. The lowest BCUT2D eigenvalue weighted by atomic mass is 9.93. The number of phenolic OH excluding ortho intramolecular Hbond substituents is 1. The monoisotopic (exact) mass is 208 g/mol. The van der Waals surface area contributed by atoms with Crippen LogP contribution in [0.25, 0.3) is 0 Å². The summed E-state index contributed by atoms with van der Waals surface area (Å²) < 4.78 is 0. The number of carbonyl (C=O) groups is 1. The second-order valence-corrected chi connectivity index (χ2v) is 3.96. The number of aliphatic hydroxyl groups is 1. The second kappa shape index (κ2) is 3.24. The predicted octanol–water partition coefficient (Wildman–Crippen LogP) is 1.29. The number of carboxylic acid groups (broad SMARTS) is 1. The van der Waals surface area contributed by atoms with Crippen LogP contribution in [0.15, 0.2) is 24.3 Å². The summed E-state index contributed by atoms with van der Waals surface area (Å²) in [6, 6.07) is 6.09. The first-order valence-corrected chi connectivity index (χ1v) is 4.77. The molecule has 1 aromatic rings. The van der Waals surface area contributed by atoms with E-state index in [2.05, 4.69) is 0 Å². The van der Waals surface area contributed by atoms with E-state index in [1.807, 2.05) is 0 Å². The van der Waals surface area contributed by atoms with Crippen LogP contribution in [-0.4, -0.2) is 21.3 Å². The van der Waals surface area contributed by atoms with E-state index in [-0.39, 0.29) is 5.75 Å². The number of rotatable bonds is 3. The highest BCUT2D eigenvalue weighted by atomic mass is 16.4. The SMILES string of the molecule is O=C(O)C1(C(O)c2cccc(O)c2)CC1. The first-order chi connectivity index (χ1) is 7.06. The first-order valence-electron chi connectivity index (χ1n) is 4.77. The number of benzene rings is 1. The van der Waals surface area contributed by atoms with Crippen LogP contribution in [0.3, 0.4) is 0 Å². The Bertz CT molecular complexity index is 395. The molecule has 3 N–H and O–H groups in total. The summed E-state index contributed by atoms with van der Waals surface area (Å²) in [4.78, 5) is 11.0. The zero-order chi connectivity index (χ0) is 11.1. The quantitative estimate of drug-likeness (QED) is 0.699. The van der Waals surface area contributed by atoms with Crippen LogP contribution >= 0.6 is 0 Å². The number of phenols is 1. The van der Waals surface area contributed by atoms with E-state index in [0.29, 0.717) is 18.4 Å². The normalized spacial score (nSPS) is 19.5. The third-order valence-corrected chi connectivity index (χ3v) is 2.92. The van der Waals surface area contributed by atoms with Gasteiger partial charge in [0.05, 0.1) is 11.5 Å². The molecule has 0 aliphatic heterocycles. The summed E-state index contributed by atoms with van der Waals surface area (Å²) in [5.74, 6) is -0.939. The minimum Gasteiger partial charge on any atom is -0.508 e. The number of aliphatic carboxylic acids is 1. The number of hydrogen-bond acceptors (Lipinski definition) is 3. The number of hydrogen-bond donors (Lipinski definition) is 3. The van der Waals surface area contributed by atoms with Crippen LogP contribution in [0, 0.1) is 5.41 Å². The van der Waals surface area contributed by atoms with Crippen molar-refractivity contribution in [3.05, 3.63) is 29.8 Å². The molecule has 80 valence electrons. The molecule has 4 nitrogen and oxygen atoms in total. The molecular formula is C11H12O4. The van der Waals surface area contributed by atoms with Gasteiger partial charge in [0.15, 0.2) is 0 Å². The van der Waals surface area contributed by atoms with Crippen LogP contribution in [-0.2, 0) is 4.79 Å². The Morgan fingerprint density at radius 2 is 2.07 bits per heavy atom. The van der Waals surface area contributed by atoms with Crippen molar-refractivity contribution in [2.45, 2.75) is 18.9 Å². The maximum atomic E-state index is 11.0. The van der Waals surface area contributed by atoms with Crippen LogP contribution in [0.1, 0.15) is 24.5 Å². The number of aliphatic hydroxyl groups excluding tert-OH is 1. The third kappa shape index (κ3) is 1.57. The van der Waals surface area contributed by atoms with Crippen molar-refractivity contribution in [1.82, 2.24) is 0 Å². The molecule has 0 spiro atoms. The van der Waals surface area contributed by atoms with Gasteiger partial charge in [-0.3, -0.25) is 4.79 Å². The van der Waals surface area contributed by atoms with Gasteiger partial charge < -0.3 is 15.3 Å². The smallest absolute Gasteiger partial charge is 0.312 e. The van der Waals surface area contributed by atoms with E-state index in [0.717, 1.165) is 0 Å². The fourth-order valence-corrected chi connectivity index (χ4v) is 1.75. The largest absolute Gasteiger partial charge is 0.508 e. The van der Waals surface area contributed by atoms with E-state index >= 15 is 0 Å². The van der Waals surface area contributed by atoms with E-state index in [9.17, 15) is 15.0 Å². The van der Waals surface area contributed by atoms with Crippen molar-refractivity contribution in [2.75, 3.05) is 0 Å². The lowest BCUT2D eigenvalue weighted by Crippen LogP contribution is -2.23. The summed E-state index contributed by atoms with van der Waals surface area (Å²) >= 11 is 0. The third-order valence-electron chi connectivity index (χ3n) is 2.92. The Morgan fingerprint density at radius 3 is 2.53 bits per heavy atom. The van der Waals surface area contributed by atoms with Gasteiger partial charge in [-0.2, -0.15) is 0 Å². The fraction of sp³-hybridized carbons (Fsp3) is 0.364. The van der Waals surface area contributed by atoms with Gasteiger partial charge in [0.1, 0.15) is 5.75 Å². The molecule has 0 saturated heterocycles. The molecule has 2 rings (SSSR count). The van der Waals surface area contributed by atoms with Gasteiger partial charge in [0.2, 0.25) is 0 Å². The topological polar surface area (TPSA) is 77.8 Å². The Labute approximate surface area is 86.8 Å². The maximum Gasteiger partial charge on any atom is 0.312 e. The van der Waals surface area contributed by atoms with Crippen molar-refractivity contribution in [3.63, 3.8) is 0 Å². The van der Waals surface area contributed by atoms with Gasteiger partial charge in [-0.05, 0) is 30.5 Å². The van der Waals surface area contributed by atoms with Gasteiger partial charge in [-0.15, -0.1) is 0 Å². The molecule has 4 heteroatoms. The number of carboxylic acids is 1. The van der Waals surface area contributed by atoms with Gasteiger partial charge in [-0.25, -0.2) is 0 Å². The molecule has 1 saturated carbocycles. The highest BCUT2D eigenvalue weighted by Crippen LogP contribution is 2.55. The van der Waals surface area contributed by atoms with Gasteiger partial charge in [-0.1, -0.05) is 12.1 Å². The molecule has 0 amide bonds. The highest BCUT2D eigenvalue weighted by molar-refractivity contribution is 5.79. The van der Waals surface area contributed by atoms with Crippen LogP contribution in [0.5, 0.6) is 5.75 Å². The van der Waals surface area contributed by atoms with Crippen molar-refractivity contribution in [1.29, 1.82) is 0 Å². The highest BCUT2D eigenvalue weighted by Gasteiger charge is 2.56. The molecule has 0 aromatic heterocycles. The first kappa shape index (κ1) is 9.98. The fourth-order valence-electron chi connectivity index (χ4n) is 1.75. The summed E-state index contributed by atoms with van der Waals surface area (Å²) in [7, 11) is 0. The average molecular weight is 208 g/mol. The Hall–Kier alpha value is -1.55. The molecule has 1 unspecified atom stereocenters. The van der Waals surface area contributed by atoms with E-state index in [4.69, 9.17) is 5.11 Å².